The molecule has 1 N–H and O–H groups in total. The molecule has 2 rings (SSSR count). The van der Waals surface area contributed by atoms with Crippen molar-refractivity contribution in [1.29, 1.82) is 0 Å². The Morgan fingerprint density at radius 2 is 1.68 bits per heavy atom. The molecular formula is C15H13Cl2FO. The van der Waals surface area contributed by atoms with E-state index in [1.54, 1.807) is 25.1 Å². The molecule has 1 unspecified atom stereocenters. The lowest BCUT2D eigenvalue weighted by atomic mass is 9.99. The van der Waals surface area contributed by atoms with Crippen LogP contribution in [0, 0.1) is 19.7 Å². The molecule has 0 aliphatic heterocycles. The summed E-state index contributed by atoms with van der Waals surface area (Å²) < 4.78 is 13.4. The van der Waals surface area contributed by atoms with Gasteiger partial charge in [-0.1, -0.05) is 35.3 Å². The molecule has 19 heavy (non-hydrogen) atoms. The van der Waals surface area contributed by atoms with Crippen LogP contribution in [0.15, 0.2) is 30.3 Å². The highest BCUT2D eigenvalue weighted by molar-refractivity contribution is 6.31. The van der Waals surface area contributed by atoms with Gasteiger partial charge in [0.25, 0.3) is 0 Å². The number of rotatable bonds is 2. The molecule has 0 bridgehead atoms. The van der Waals surface area contributed by atoms with Crippen molar-refractivity contribution >= 4 is 23.2 Å². The SMILES string of the molecule is Cc1cc(C(O)c2ccc(C)c(Cl)c2)c(Cl)cc1F. The average molecular weight is 299 g/mol. The molecule has 4 heteroatoms. The van der Waals surface area contributed by atoms with Crippen molar-refractivity contribution in [3.05, 3.63) is 68.4 Å². The van der Waals surface area contributed by atoms with Gasteiger partial charge in [0.15, 0.2) is 0 Å². The molecule has 0 heterocycles. The van der Waals surface area contributed by atoms with Crippen molar-refractivity contribution in [3.63, 3.8) is 0 Å². The van der Waals surface area contributed by atoms with E-state index >= 15 is 0 Å². The van der Waals surface area contributed by atoms with E-state index in [1.165, 1.54) is 6.07 Å². The summed E-state index contributed by atoms with van der Waals surface area (Å²) in [6.07, 6.45) is -0.926. The second-order valence-electron chi connectivity index (χ2n) is 4.53. The molecular weight excluding hydrogens is 286 g/mol. The molecule has 0 saturated heterocycles. The fourth-order valence-corrected chi connectivity index (χ4v) is 2.29. The predicted molar refractivity (Wildman–Crippen MR) is 76.4 cm³/mol. The average Bonchev–Trinajstić information content (AvgIpc) is 2.36. The minimum atomic E-state index is -0.926. The third-order valence-electron chi connectivity index (χ3n) is 3.08. The van der Waals surface area contributed by atoms with Crippen LogP contribution in [0.5, 0.6) is 0 Å². The Balaban J connectivity index is 2.46. The summed E-state index contributed by atoms with van der Waals surface area (Å²) in [7, 11) is 0. The van der Waals surface area contributed by atoms with E-state index in [1.807, 2.05) is 13.0 Å². The quantitative estimate of drug-likeness (QED) is 0.842. The number of hydrogen-bond acceptors (Lipinski definition) is 1. The van der Waals surface area contributed by atoms with Crippen LogP contribution in [0.25, 0.3) is 0 Å². The van der Waals surface area contributed by atoms with Gasteiger partial charge in [0.1, 0.15) is 11.9 Å². The highest BCUT2D eigenvalue weighted by atomic mass is 35.5. The summed E-state index contributed by atoms with van der Waals surface area (Å²) in [5.41, 5.74) is 2.47. The molecule has 0 aliphatic rings. The van der Waals surface area contributed by atoms with Crippen LogP contribution < -0.4 is 0 Å². The molecule has 2 aromatic carbocycles. The molecule has 0 saturated carbocycles. The van der Waals surface area contributed by atoms with Crippen molar-refractivity contribution < 1.29 is 9.50 Å². The van der Waals surface area contributed by atoms with E-state index < -0.39 is 6.10 Å². The van der Waals surface area contributed by atoms with Gasteiger partial charge in [0, 0.05) is 15.6 Å². The molecule has 0 spiro atoms. The van der Waals surface area contributed by atoms with Crippen LogP contribution in [-0.2, 0) is 0 Å². The van der Waals surface area contributed by atoms with E-state index in [4.69, 9.17) is 23.2 Å². The van der Waals surface area contributed by atoms with Crippen LogP contribution >= 0.6 is 23.2 Å². The van der Waals surface area contributed by atoms with Crippen molar-refractivity contribution in [1.82, 2.24) is 0 Å². The predicted octanol–water partition coefficient (Wildman–Crippen LogP) is 4.83. The highest BCUT2D eigenvalue weighted by Crippen LogP contribution is 2.32. The molecule has 0 amide bonds. The van der Waals surface area contributed by atoms with Gasteiger partial charge in [0.05, 0.1) is 0 Å². The minimum Gasteiger partial charge on any atom is -0.384 e. The second kappa shape index (κ2) is 5.49. The van der Waals surface area contributed by atoms with Gasteiger partial charge in [-0.2, -0.15) is 0 Å². The zero-order valence-electron chi connectivity index (χ0n) is 10.5. The van der Waals surface area contributed by atoms with E-state index in [-0.39, 0.29) is 10.8 Å². The van der Waals surface area contributed by atoms with Crippen molar-refractivity contribution in [2.75, 3.05) is 0 Å². The van der Waals surface area contributed by atoms with E-state index in [2.05, 4.69) is 0 Å². The largest absolute Gasteiger partial charge is 0.384 e. The maximum atomic E-state index is 13.4. The summed E-state index contributed by atoms with van der Waals surface area (Å²) in [5.74, 6) is -0.386. The van der Waals surface area contributed by atoms with Crippen molar-refractivity contribution in [3.8, 4) is 0 Å². The molecule has 0 aliphatic carbocycles. The van der Waals surface area contributed by atoms with Gasteiger partial charge >= 0.3 is 0 Å². The summed E-state index contributed by atoms with van der Waals surface area (Å²) >= 11 is 12.0. The third kappa shape index (κ3) is 2.92. The molecule has 100 valence electrons. The summed E-state index contributed by atoms with van der Waals surface area (Å²) in [5, 5.41) is 11.1. The van der Waals surface area contributed by atoms with E-state index in [0.717, 1.165) is 5.56 Å². The maximum Gasteiger partial charge on any atom is 0.127 e. The fraction of sp³-hybridized carbons (Fsp3) is 0.200. The van der Waals surface area contributed by atoms with Crippen LogP contribution in [0.4, 0.5) is 4.39 Å². The van der Waals surface area contributed by atoms with Gasteiger partial charge in [0.2, 0.25) is 0 Å². The molecule has 0 aromatic heterocycles. The van der Waals surface area contributed by atoms with Crippen LogP contribution in [-0.4, -0.2) is 5.11 Å². The van der Waals surface area contributed by atoms with Gasteiger partial charge in [-0.05, 0) is 48.7 Å². The van der Waals surface area contributed by atoms with Gasteiger partial charge < -0.3 is 5.11 Å². The maximum absolute atomic E-state index is 13.4. The van der Waals surface area contributed by atoms with Crippen LogP contribution in [0.3, 0.4) is 0 Å². The number of halogens is 3. The lowest BCUT2D eigenvalue weighted by Crippen LogP contribution is -2.02. The zero-order valence-corrected chi connectivity index (χ0v) is 12.1. The van der Waals surface area contributed by atoms with Gasteiger partial charge in [-0.3, -0.25) is 0 Å². The Labute approximate surface area is 121 Å². The first-order chi connectivity index (χ1) is 8.90. The Bertz CT molecular complexity index is 626. The Morgan fingerprint density at radius 1 is 1.00 bits per heavy atom. The number of aliphatic hydroxyl groups is 1. The van der Waals surface area contributed by atoms with E-state index in [9.17, 15) is 9.50 Å². The molecule has 0 fully saturated rings. The number of hydrogen-bond donors (Lipinski definition) is 1. The first kappa shape index (κ1) is 14.3. The van der Waals surface area contributed by atoms with Crippen molar-refractivity contribution in [2.24, 2.45) is 0 Å². The molecule has 1 nitrogen and oxygen atoms in total. The first-order valence-corrected chi connectivity index (χ1v) is 6.55. The normalized spacial score (nSPS) is 12.5. The second-order valence-corrected chi connectivity index (χ2v) is 5.35. The van der Waals surface area contributed by atoms with Gasteiger partial charge in [-0.25, -0.2) is 4.39 Å². The summed E-state index contributed by atoms with van der Waals surface area (Å²) in [6.45, 7) is 3.51. The zero-order chi connectivity index (χ0) is 14.2. The Kier molecular flexibility index (Phi) is 4.14. The number of aliphatic hydroxyl groups excluding tert-OH is 1. The lowest BCUT2D eigenvalue weighted by molar-refractivity contribution is 0.220. The molecule has 1 atom stereocenters. The van der Waals surface area contributed by atoms with Crippen LogP contribution in [0.2, 0.25) is 10.0 Å². The number of aryl methyl sites for hydroxylation is 2. The fourth-order valence-electron chi connectivity index (χ4n) is 1.85. The lowest BCUT2D eigenvalue weighted by Gasteiger charge is -2.15. The smallest absolute Gasteiger partial charge is 0.127 e. The Morgan fingerprint density at radius 3 is 2.32 bits per heavy atom. The minimum absolute atomic E-state index is 0.201. The van der Waals surface area contributed by atoms with Crippen molar-refractivity contribution in [2.45, 2.75) is 20.0 Å². The van der Waals surface area contributed by atoms with Gasteiger partial charge in [-0.15, -0.1) is 0 Å². The third-order valence-corrected chi connectivity index (χ3v) is 3.82. The van der Waals surface area contributed by atoms with Crippen LogP contribution in [0.1, 0.15) is 28.4 Å². The number of benzene rings is 2. The highest BCUT2D eigenvalue weighted by Gasteiger charge is 2.16. The molecule has 2 aromatic rings. The summed E-state index contributed by atoms with van der Waals surface area (Å²) in [6, 6.07) is 8.06. The van der Waals surface area contributed by atoms with E-state index in [0.29, 0.717) is 21.7 Å². The topological polar surface area (TPSA) is 20.2 Å². The first-order valence-electron chi connectivity index (χ1n) is 5.80. The Hall–Kier alpha value is -1.09. The standard InChI is InChI=1S/C15H13Cl2FO/c1-8-3-4-10(6-12(8)16)15(19)11-5-9(2)14(18)7-13(11)17/h3-7,15,19H,1-2H3. The molecule has 0 radical (unpaired) electrons. The summed E-state index contributed by atoms with van der Waals surface area (Å²) in [4.78, 5) is 0. The monoisotopic (exact) mass is 298 g/mol.